The number of piperazine rings is 1. The van der Waals surface area contributed by atoms with E-state index in [1.54, 1.807) is 29.2 Å². The van der Waals surface area contributed by atoms with Crippen molar-refractivity contribution in [1.29, 1.82) is 5.26 Å². The number of carbonyl (C=O) groups is 1. The standard InChI is InChI=1S/C23H28N4O5S/c1-25(16-19-6-4-18(15-24)5-7-19)17-23(28)26-10-12-27(13-11-26)33(29,30)22-14-20(31-2)8-9-21(22)32-3/h4-9,14H,10-13,16-17H2,1-3H3. The van der Waals surface area contributed by atoms with Crippen LogP contribution in [0.25, 0.3) is 0 Å². The van der Waals surface area contributed by atoms with Crippen LogP contribution in [0.4, 0.5) is 0 Å². The number of benzene rings is 2. The summed E-state index contributed by atoms with van der Waals surface area (Å²) < 4.78 is 38.2. The van der Waals surface area contributed by atoms with Crippen molar-refractivity contribution in [3.63, 3.8) is 0 Å². The highest BCUT2D eigenvalue weighted by Crippen LogP contribution is 2.31. The Balaban J connectivity index is 1.58. The van der Waals surface area contributed by atoms with Gasteiger partial charge in [-0.15, -0.1) is 0 Å². The SMILES string of the molecule is COc1ccc(OC)c(S(=O)(=O)N2CCN(C(=O)CN(C)Cc3ccc(C#N)cc3)CC2)c1. The second kappa shape index (κ2) is 10.7. The zero-order valence-electron chi connectivity index (χ0n) is 19.0. The van der Waals surface area contributed by atoms with Gasteiger partial charge in [0, 0.05) is 38.8 Å². The normalized spacial score (nSPS) is 14.7. The third kappa shape index (κ3) is 5.82. The number of amides is 1. The molecule has 1 aliphatic rings. The molecule has 0 atom stereocenters. The van der Waals surface area contributed by atoms with Crippen molar-refractivity contribution in [2.75, 3.05) is 54.0 Å². The van der Waals surface area contributed by atoms with E-state index >= 15 is 0 Å². The van der Waals surface area contributed by atoms with Gasteiger partial charge in [0.25, 0.3) is 0 Å². The molecule has 0 radical (unpaired) electrons. The molecule has 1 amide bonds. The molecule has 0 aromatic heterocycles. The Morgan fingerprint density at radius 2 is 1.73 bits per heavy atom. The maximum absolute atomic E-state index is 13.2. The Hall–Kier alpha value is -3.13. The van der Waals surface area contributed by atoms with Gasteiger partial charge >= 0.3 is 0 Å². The Morgan fingerprint density at radius 3 is 2.30 bits per heavy atom. The zero-order chi connectivity index (χ0) is 24.0. The molecule has 0 aliphatic carbocycles. The van der Waals surface area contributed by atoms with E-state index in [9.17, 15) is 13.2 Å². The summed E-state index contributed by atoms with van der Waals surface area (Å²) in [5.41, 5.74) is 1.60. The van der Waals surface area contributed by atoms with Crippen LogP contribution in [0.15, 0.2) is 47.4 Å². The molecular weight excluding hydrogens is 444 g/mol. The first kappa shape index (κ1) is 24.5. The number of sulfonamides is 1. The van der Waals surface area contributed by atoms with Gasteiger partial charge in [0.2, 0.25) is 15.9 Å². The number of ether oxygens (including phenoxy) is 2. The molecule has 1 aliphatic heterocycles. The Kier molecular flexibility index (Phi) is 7.92. The molecule has 0 N–H and O–H groups in total. The van der Waals surface area contributed by atoms with Gasteiger partial charge < -0.3 is 14.4 Å². The molecule has 2 aromatic carbocycles. The lowest BCUT2D eigenvalue weighted by Crippen LogP contribution is -2.52. The first-order chi connectivity index (χ1) is 15.8. The van der Waals surface area contributed by atoms with E-state index < -0.39 is 10.0 Å². The van der Waals surface area contributed by atoms with Crippen LogP contribution in [0.2, 0.25) is 0 Å². The van der Waals surface area contributed by atoms with Gasteiger partial charge in [-0.3, -0.25) is 9.69 Å². The summed E-state index contributed by atoms with van der Waals surface area (Å²) in [6.07, 6.45) is 0. The lowest BCUT2D eigenvalue weighted by molar-refractivity contribution is -0.133. The molecule has 0 unspecified atom stereocenters. The van der Waals surface area contributed by atoms with Crippen LogP contribution in [0.1, 0.15) is 11.1 Å². The number of methoxy groups -OCH3 is 2. The number of carbonyl (C=O) groups excluding carboxylic acids is 1. The van der Waals surface area contributed by atoms with Gasteiger partial charge in [0.15, 0.2) is 0 Å². The molecule has 33 heavy (non-hydrogen) atoms. The van der Waals surface area contributed by atoms with Gasteiger partial charge in [-0.2, -0.15) is 9.57 Å². The molecule has 176 valence electrons. The Morgan fingerprint density at radius 1 is 1.06 bits per heavy atom. The molecular formula is C23H28N4O5S. The monoisotopic (exact) mass is 472 g/mol. The fourth-order valence-corrected chi connectivity index (χ4v) is 5.28. The van der Waals surface area contributed by atoms with Gasteiger partial charge in [0.1, 0.15) is 16.4 Å². The summed E-state index contributed by atoms with van der Waals surface area (Å²) in [6.45, 7) is 1.82. The number of rotatable bonds is 8. The highest BCUT2D eigenvalue weighted by molar-refractivity contribution is 7.89. The second-order valence-electron chi connectivity index (χ2n) is 7.78. The maximum atomic E-state index is 13.2. The summed E-state index contributed by atoms with van der Waals surface area (Å²) >= 11 is 0. The quantitative estimate of drug-likeness (QED) is 0.574. The molecule has 0 bridgehead atoms. The minimum Gasteiger partial charge on any atom is -0.497 e. The molecule has 10 heteroatoms. The number of nitriles is 1. The van der Waals surface area contributed by atoms with E-state index in [2.05, 4.69) is 6.07 Å². The fourth-order valence-electron chi connectivity index (χ4n) is 3.69. The summed E-state index contributed by atoms with van der Waals surface area (Å²) in [7, 11) is 0.950. The van der Waals surface area contributed by atoms with Crippen molar-refractivity contribution in [2.45, 2.75) is 11.4 Å². The average molecular weight is 473 g/mol. The predicted molar refractivity (Wildman–Crippen MR) is 122 cm³/mol. The Labute approximate surface area is 194 Å². The van der Waals surface area contributed by atoms with Crippen LogP contribution in [-0.4, -0.2) is 82.4 Å². The smallest absolute Gasteiger partial charge is 0.247 e. The zero-order valence-corrected chi connectivity index (χ0v) is 19.8. The molecule has 1 saturated heterocycles. The third-order valence-electron chi connectivity index (χ3n) is 5.52. The average Bonchev–Trinajstić information content (AvgIpc) is 2.84. The van der Waals surface area contributed by atoms with Crippen LogP contribution in [-0.2, 0) is 21.4 Å². The number of nitrogens with zero attached hydrogens (tertiary/aromatic N) is 4. The van der Waals surface area contributed by atoms with Crippen LogP contribution in [0.3, 0.4) is 0 Å². The van der Waals surface area contributed by atoms with Crippen LogP contribution in [0.5, 0.6) is 11.5 Å². The first-order valence-electron chi connectivity index (χ1n) is 10.5. The van der Waals surface area contributed by atoms with Gasteiger partial charge in [-0.05, 0) is 36.9 Å². The minimum absolute atomic E-state index is 0.0475. The highest BCUT2D eigenvalue weighted by atomic mass is 32.2. The highest BCUT2D eigenvalue weighted by Gasteiger charge is 2.32. The molecule has 9 nitrogen and oxygen atoms in total. The van der Waals surface area contributed by atoms with E-state index in [1.807, 2.05) is 24.1 Å². The van der Waals surface area contributed by atoms with Crippen molar-refractivity contribution in [1.82, 2.24) is 14.1 Å². The van der Waals surface area contributed by atoms with Gasteiger partial charge in [0.05, 0.1) is 32.4 Å². The molecule has 0 spiro atoms. The van der Waals surface area contributed by atoms with Crippen LogP contribution < -0.4 is 9.47 Å². The topological polar surface area (TPSA) is 103 Å². The molecule has 1 fully saturated rings. The summed E-state index contributed by atoms with van der Waals surface area (Å²) in [4.78, 5) is 16.4. The van der Waals surface area contributed by atoms with E-state index in [0.717, 1.165) is 5.56 Å². The van der Waals surface area contributed by atoms with Crippen molar-refractivity contribution in [2.24, 2.45) is 0 Å². The van der Waals surface area contributed by atoms with E-state index in [4.69, 9.17) is 14.7 Å². The largest absolute Gasteiger partial charge is 0.497 e. The van der Waals surface area contributed by atoms with E-state index in [0.29, 0.717) is 30.9 Å². The number of hydrogen-bond acceptors (Lipinski definition) is 7. The van der Waals surface area contributed by atoms with Crippen LogP contribution in [0, 0.1) is 11.3 Å². The maximum Gasteiger partial charge on any atom is 0.247 e. The van der Waals surface area contributed by atoms with Gasteiger partial charge in [-0.25, -0.2) is 8.42 Å². The van der Waals surface area contributed by atoms with Crippen molar-refractivity contribution in [3.05, 3.63) is 53.6 Å². The first-order valence-corrected chi connectivity index (χ1v) is 11.9. The summed E-state index contributed by atoms with van der Waals surface area (Å²) in [5, 5.41) is 8.89. The number of hydrogen-bond donors (Lipinski definition) is 0. The lowest BCUT2D eigenvalue weighted by atomic mass is 10.1. The summed E-state index contributed by atoms with van der Waals surface area (Å²) in [5.74, 6) is 0.620. The van der Waals surface area contributed by atoms with Crippen molar-refractivity contribution >= 4 is 15.9 Å². The molecule has 2 aromatic rings. The number of likely N-dealkylation sites (N-methyl/N-ethyl adjacent to an activating group) is 1. The van der Waals surface area contributed by atoms with Crippen LogP contribution >= 0.6 is 0 Å². The fraction of sp³-hybridized carbons (Fsp3) is 0.391. The Bertz CT molecular complexity index is 1120. The van der Waals surface area contributed by atoms with E-state index in [-0.39, 0.29) is 36.2 Å². The molecule has 0 saturated carbocycles. The minimum atomic E-state index is -3.80. The molecule has 1 heterocycles. The molecule has 3 rings (SSSR count). The van der Waals surface area contributed by atoms with Crippen molar-refractivity contribution in [3.8, 4) is 17.6 Å². The van der Waals surface area contributed by atoms with Gasteiger partial charge in [-0.1, -0.05) is 12.1 Å². The third-order valence-corrected chi connectivity index (χ3v) is 7.44. The lowest BCUT2D eigenvalue weighted by Gasteiger charge is -2.35. The predicted octanol–water partition coefficient (Wildman–Crippen LogP) is 1.54. The summed E-state index contributed by atoms with van der Waals surface area (Å²) in [6, 6.07) is 14.0. The van der Waals surface area contributed by atoms with Crippen molar-refractivity contribution < 1.29 is 22.7 Å². The van der Waals surface area contributed by atoms with E-state index in [1.165, 1.54) is 24.6 Å². The second-order valence-corrected chi connectivity index (χ2v) is 9.69.